The number of fused-ring (bicyclic) bond motifs is 1. The fourth-order valence-corrected chi connectivity index (χ4v) is 1.79. The molecule has 0 fully saturated rings. The summed E-state index contributed by atoms with van der Waals surface area (Å²) in [4.78, 5) is 2.20. The summed E-state index contributed by atoms with van der Waals surface area (Å²) in [5.41, 5.74) is 1.17. The fourth-order valence-electron chi connectivity index (χ4n) is 1.79. The topological polar surface area (TPSA) is 28.4 Å². The van der Waals surface area contributed by atoms with Gasteiger partial charge in [-0.25, -0.2) is 0 Å². The van der Waals surface area contributed by atoms with Crippen molar-refractivity contribution >= 4 is 10.9 Å². The molecule has 0 spiro atoms. The number of nitrogens with zero attached hydrogens (tertiary/aromatic N) is 2. The molecule has 1 aromatic heterocycles. The van der Waals surface area contributed by atoms with E-state index in [1.54, 1.807) is 12.1 Å². The molecular formula is C13H18N2O. The lowest BCUT2D eigenvalue weighted by molar-refractivity contribution is 0.286. The maximum absolute atomic E-state index is 9.39. The van der Waals surface area contributed by atoms with Crippen molar-refractivity contribution in [2.24, 2.45) is 0 Å². The van der Waals surface area contributed by atoms with Crippen LogP contribution in [0.5, 0.6) is 5.75 Å². The van der Waals surface area contributed by atoms with E-state index < -0.39 is 0 Å². The van der Waals surface area contributed by atoms with Crippen LogP contribution in [0.1, 0.15) is 6.92 Å². The first kappa shape index (κ1) is 11.0. The van der Waals surface area contributed by atoms with Crippen LogP contribution in [0.2, 0.25) is 0 Å². The highest BCUT2D eigenvalue weighted by Gasteiger charge is 2.07. The Morgan fingerprint density at radius 3 is 2.75 bits per heavy atom. The van der Waals surface area contributed by atoms with Crippen LogP contribution in [0.25, 0.3) is 10.9 Å². The maximum Gasteiger partial charge on any atom is 0.116 e. The summed E-state index contributed by atoms with van der Waals surface area (Å²) >= 11 is 0. The van der Waals surface area contributed by atoms with Crippen molar-refractivity contribution < 1.29 is 5.11 Å². The molecule has 0 saturated heterocycles. The van der Waals surface area contributed by atoms with Gasteiger partial charge in [0, 0.05) is 29.7 Å². The van der Waals surface area contributed by atoms with E-state index in [4.69, 9.17) is 0 Å². The smallest absolute Gasteiger partial charge is 0.116 e. The van der Waals surface area contributed by atoms with Crippen molar-refractivity contribution in [3.05, 3.63) is 30.5 Å². The summed E-state index contributed by atoms with van der Waals surface area (Å²) in [6.07, 6.45) is 2.07. The summed E-state index contributed by atoms with van der Waals surface area (Å²) in [6.45, 7) is 3.16. The van der Waals surface area contributed by atoms with E-state index in [0.717, 1.165) is 11.9 Å². The molecule has 3 heteroatoms. The molecule has 86 valence electrons. The minimum Gasteiger partial charge on any atom is -0.508 e. The van der Waals surface area contributed by atoms with Crippen LogP contribution in [0, 0.1) is 0 Å². The van der Waals surface area contributed by atoms with E-state index in [1.807, 2.05) is 12.1 Å². The number of aromatic nitrogens is 1. The van der Waals surface area contributed by atoms with Gasteiger partial charge in [-0.15, -0.1) is 0 Å². The molecule has 2 rings (SSSR count). The van der Waals surface area contributed by atoms with Crippen molar-refractivity contribution in [2.75, 3.05) is 14.1 Å². The molecule has 0 aliphatic carbocycles. The molecule has 0 saturated carbocycles. The third kappa shape index (κ3) is 2.04. The van der Waals surface area contributed by atoms with E-state index in [2.05, 4.69) is 36.7 Å². The first-order valence-corrected chi connectivity index (χ1v) is 5.52. The zero-order chi connectivity index (χ0) is 11.7. The average molecular weight is 218 g/mol. The molecular weight excluding hydrogens is 200 g/mol. The van der Waals surface area contributed by atoms with Gasteiger partial charge < -0.3 is 14.6 Å². The second-order valence-corrected chi connectivity index (χ2v) is 4.52. The van der Waals surface area contributed by atoms with Crippen molar-refractivity contribution in [1.29, 1.82) is 0 Å². The molecule has 0 amide bonds. The number of rotatable bonds is 3. The standard InChI is InChI=1S/C13H18N2O/c1-10(14(2)3)9-15-7-6-11-8-12(16)4-5-13(11)15/h4-8,10,16H,9H2,1-3H3/t10-/m1/s1. The SMILES string of the molecule is C[C@H](Cn1ccc2cc(O)ccc21)N(C)C. The van der Waals surface area contributed by atoms with E-state index in [1.165, 1.54) is 5.52 Å². The quantitative estimate of drug-likeness (QED) is 0.856. The Morgan fingerprint density at radius 1 is 1.31 bits per heavy atom. The fraction of sp³-hybridized carbons (Fsp3) is 0.385. The van der Waals surface area contributed by atoms with E-state index >= 15 is 0 Å². The monoisotopic (exact) mass is 218 g/mol. The number of hydrogen-bond donors (Lipinski definition) is 1. The zero-order valence-electron chi connectivity index (χ0n) is 10.0. The molecule has 0 bridgehead atoms. The Morgan fingerprint density at radius 2 is 2.06 bits per heavy atom. The van der Waals surface area contributed by atoms with E-state index in [9.17, 15) is 5.11 Å². The van der Waals surface area contributed by atoms with Gasteiger partial charge in [-0.3, -0.25) is 0 Å². The lowest BCUT2D eigenvalue weighted by Gasteiger charge is -2.20. The van der Waals surface area contributed by atoms with Gasteiger partial charge in [0.1, 0.15) is 5.75 Å². The number of phenolic OH excluding ortho intramolecular Hbond substituents is 1. The van der Waals surface area contributed by atoms with Crippen molar-refractivity contribution in [2.45, 2.75) is 19.5 Å². The summed E-state index contributed by atoms with van der Waals surface area (Å²) in [7, 11) is 4.17. The number of benzene rings is 1. The second kappa shape index (κ2) is 4.18. The number of likely N-dealkylation sites (N-methyl/N-ethyl adjacent to an activating group) is 1. The van der Waals surface area contributed by atoms with Gasteiger partial charge in [0.25, 0.3) is 0 Å². The van der Waals surface area contributed by atoms with Gasteiger partial charge in [-0.1, -0.05) is 0 Å². The molecule has 0 radical (unpaired) electrons. The van der Waals surface area contributed by atoms with Crippen molar-refractivity contribution in [3.8, 4) is 5.75 Å². The van der Waals surface area contributed by atoms with Gasteiger partial charge >= 0.3 is 0 Å². The molecule has 0 unspecified atom stereocenters. The van der Waals surface area contributed by atoms with Crippen LogP contribution in [0.15, 0.2) is 30.5 Å². The molecule has 0 aliphatic rings. The molecule has 16 heavy (non-hydrogen) atoms. The van der Waals surface area contributed by atoms with Crippen LogP contribution in [0.3, 0.4) is 0 Å². The minimum absolute atomic E-state index is 0.325. The summed E-state index contributed by atoms with van der Waals surface area (Å²) in [6, 6.07) is 8.03. The highest BCUT2D eigenvalue weighted by molar-refractivity contribution is 5.81. The van der Waals surface area contributed by atoms with Crippen LogP contribution in [0.4, 0.5) is 0 Å². The van der Waals surface area contributed by atoms with Crippen LogP contribution in [-0.4, -0.2) is 34.7 Å². The second-order valence-electron chi connectivity index (χ2n) is 4.52. The largest absolute Gasteiger partial charge is 0.508 e. The van der Waals surface area contributed by atoms with E-state index in [-0.39, 0.29) is 0 Å². The molecule has 3 nitrogen and oxygen atoms in total. The Hall–Kier alpha value is -1.48. The summed E-state index contributed by atoms with van der Waals surface area (Å²) in [5.74, 6) is 0.325. The Labute approximate surface area is 95.9 Å². The van der Waals surface area contributed by atoms with Crippen molar-refractivity contribution in [3.63, 3.8) is 0 Å². The molecule has 1 heterocycles. The Bertz CT molecular complexity index is 488. The van der Waals surface area contributed by atoms with E-state index in [0.29, 0.717) is 11.8 Å². The predicted molar refractivity (Wildman–Crippen MR) is 66.8 cm³/mol. The Balaban J connectivity index is 2.32. The van der Waals surface area contributed by atoms with Crippen LogP contribution < -0.4 is 0 Å². The van der Waals surface area contributed by atoms with Crippen LogP contribution >= 0.6 is 0 Å². The highest BCUT2D eigenvalue weighted by atomic mass is 16.3. The predicted octanol–water partition coefficient (Wildman–Crippen LogP) is 2.30. The molecule has 1 N–H and O–H groups in total. The number of phenols is 1. The zero-order valence-corrected chi connectivity index (χ0v) is 10.0. The molecule has 1 atom stereocenters. The highest BCUT2D eigenvalue weighted by Crippen LogP contribution is 2.21. The first-order valence-electron chi connectivity index (χ1n) is 5.52. The number of hydrogen-bond acceptors (Lipinski definition) is 2. The molecule has 0 aliphatic heterocycles. The van der Waals surface area contributed by atoms with Gasteiger partial charge in [-0.05, 0) is 45.3 Å². The van der Waals surface area contributed by atoms with Gasteiger partial charge in [0.15, 0.2) is 0 Å². The van der Waals surface area contributed by atoms with Gasteiger partial charge in [0.2, 0.25) is 0 Å². The lowest BCUT2D eigenvalue weighted by Crippen LogP contribution is -2.28. The molecule has 2 aromatic rings. The number of aromatic hydroxyl groups is 1. The van der Waals surface area contributed by atoms with Gasteiger partial charge in [0.05, 0.1) is 0 Å². The third-order valence-electron chi connectivity index (χ3n) is 3.10. The normalized spacial score (nSPS) is 13.5. The minimum atomic E-state index is 0.325. The van der Waals surface area contributed by atoms with Crippen molar-refractivity contribution in [1.82, 2.24) is 9.47 Å². The summed E-state index contributed by atoms with van der Waals surface area (Å²) in [5, 5.41) is 10.5. The first-order chi connectivity index (χ1) is 7.58. The average Bonchev–Trinajstić information content (AvgIpc) is 2.60. The Kier molecular flexibility index (Phi) is 2.88. The lowest BCUT2D eigenvalue weighted by atomic mass is 10.2. The van der Waals surface area contributed by atoms with Gasteiger partial charge in [-0.2, -0.15) is 0 Å². The third-order valence-corrected chi connectivity index (χ3v) is 3.10. The molecule has 1 aromatic carbocycles. The van der Waals surface area contributed by atoms with Crippen LogP contribution in [-0.2, 0) is 6.54 Å². The maximum atomic E-state index is 9.39. The summed E-state index contributed by atoms with van der Waals surface area (Å²) < 4.78 is 2.22.